The Morgan fingerprint density at radius 3 is 2.83 bits per heavy atom. The molecule has 0 radical (unpaired) electrons. The van der Waals surface area contributed by atoms with Crippen molar-refractivity contribution in [2.75, 3.05) is 17.2 Å². The highest BCUT2D eigenvalue weighted by Gasteiger charge is 2.31. The van der Waals surface area contributed by atoms with Gasteiger partial charge in [-0.05, 0) is 17.7 Å². The van der Waals surface area contributed by atoms with Gasteiger partial charge in [0, 0.05) is 25.1 Å². The Kier molecular flexibility index (Phi) is 3.77. The zero-order chi connectivity index (χ0) is 13.3. The number of carbonyl (C=O) groups excluding carboxylic acids is 1. The van der Waals surface area contributed by atoms with E-state index < -0.39 is 4.92 Å². The largest absolute Gasteiger partial charge is 0.310 e. The quantitative estimate of drug-likeness (QED) is 0.527. The molecule has 0 bridgehead atoms. The summed E-state index contributed by atoms with van der Waals surface area (Å²) in [6, 6.07) is 4.10. The van der Waals surface area contributed by atoms with Crippen LogP contribution in [0, 0.1) is 16.0 Å². The van der Waals surface area contributed by atoms with Crippen molar-refractivity contribution < 1.29 is 9.72 Å². The smallest absolute Gasteiger partial charge is 0.271 e. The Hall–Kier alpha value is -1.27. The van der Waals surface area contributed by atoms with Crippen LogP contribution in [-0.2, 0) is 4.79 Å². The normalized spacial score (nSPS) is 19.3. The number of amides is 1. The summed E-state index contributed by atoms with van der Waals surface area (Å²) in [4.78, 5) is 23.6. The molecule has 1 aliphatic rings. The number of benzene rings is 1. The van der Waals surface area contributed by atoms with Crippen LogP contribution in [0.5, 0.6) is 0 Å². The molecule has 18 heavy (non-hydrogen) atoms. The van der Waals surface area contributed by atoms with Crippen LogP contribution in [0.3, 0.4) is 0 Å². The number of hydrogen-bond acceptors (Lipinski definition) is 4. The van der Waals surface area contributed by atoms with Crippen LogP contribution in [0.4, 0.5) is 11.4 Å². The minimum absolute atomic E-state index is 0.0727. The van der Waals surface area contributed by atoms with Gasteiger partial charge in [0.15, 0.2) is 0 Å². The standard InChI is InChI=1S/C11H11ClN2O3S/c12-9-2-1-8(14(16)17)4-10(9)13-5-7(6-18)3-11(13)15/h1-2,4,7,18H,3,5-6H2. The molecular weight excluding hydrogens is 276 g/mol. The molecule has 0 aliphatic carbocycles. The van der Waals surface area contributed by atoms with Crippen molar-refractivity contribution in [1.82, 2.24) is 0 Å². The van der Waals surface area contributed by atoms with Crippen molar-refractivity contribution in [2.45, 2.75) is 6.42 Å². The van der Waals surface area contributed by atoms with Gasteiger partial charge in [0.25, 0.3) is 5.69 Å². The fourth-order valence-corrected chi connectivity index (χ4v) is 2.42. The third-order valence-corrected chi connectivity index (χ3v) is 3.73. The Balaban J connectivity index is 2.35. The molecule has 1 aromatic carbocycles. The zero-order valence-corrected chi connectivity index (χ0v) is 11.0. The molecule has 1 amide bonds. The van der Waals surface area contributed by atoms with Crippen LogP contribution in [0.2, 0.25) is 5.02 Å². The molecule has 1 aliphatic heterocycles. The van der Waals surface area contributed by atoms with Gasteiger partial charge in [-0.1, -0.05) is 11.6 Å². The minimum atomic E-state index is -0.504. The molecule has 7 heteroatoms. The topological polar surface area (TPSA) is 63.5 Å². The summed E-state index contributed by atoms with van der Waals surface area (Å²) in [5, 5.41) is 11.1. The maximum Gasteiger partial charge on any atom is 0.271 e. The van der Waals surface area contributed by atoms with Gasteiger partial charge >= 0.3 is 0 Å². The molecule has 1 aromatic rings. The number of nitro groups is 1. The SMILES string of the molecule is O=C1CC(CS)CN1c1cc([N+](=O)[O-])ccc1Cl. The van der Waals surface area contributed by atoms with E-state index in [0.717, 1.165) is 0 Å². The summed E-state index contributed by atoms with van der Waals surface area (Å²) >= 11 is 10.2. The number of thiol groups is 1. The molecule has 0 N–H and O–H groups in total. The molecule has 0 spiro atoms. The molecule has 1 saturated heterocycles. The van der Waals surface area contributed by atoms with Crippen molar-refractivity contribution in [2.24, 2.45) is 5.92 Å². The molecule has 1 unspecified atom stereocenters. The summed E-state index contributed by atoms with van der Waals surface area (Å²) in [5.41, 5.74) is 0.330. The summed E-state index contributed by atoms with van der Waals surface area (Å²) < 4.78 is 0. The predicted molar refractivity (Wildman–Crippen MR) is 72.4 cm³/mol. The number of carbonyl (C=O) groups is 1. The van der Waals surface area contributed by atoms with E-state index in [4.69, 9.17) is 11.6 Å². The van der Waals surface area contributed by atoms with Crippen molar-refractivity contribution in [1.29, 1.82) is 0 Å². The van der Waals surface area contributed by atoms with Crippen LogP contribution in [0.1, 0.15) is 6.42 Å². The van der Waals surface area contributed by atoms with Crippen molar-refractivity contribution >= 4 is 41.5 Å². The number of rotatable bonds is 3. The van der Waals surface area contributed by atoms with Gasteiger partial charge in [0.2, 0.25) is 5.91 Å². The van der Waals surface area contributed by atoms with Crippen LogP contribution in [0.15, 0.2) is 18.2 Å². The highest BCUT2D eigenvalue weighted by molar-refractivity contribution is 7.80. The lowest BCUT2D eigenvalue weighted by Crippen LogP contribution is -2.25. The molecule has 0 saturated carbocycles. The Labute approximate surface area is 114 Å². The van der Waals surface area contributed by atoms with Gasteiger partial charge < -0.3 is 4.90 Å². The number of nitro benzene ring substituents is 1. The monoisotopic (exact) mass is 286 g/mol. The lowest BCUT2D eigenvalue weighted by Gasteiger charge is -2.17. The van der Waals surface area contributed by atoms with Crippen LogP contribution >= 0.6 is 24.2 Å². The summed E-state index contributed by atoms with van der Waals surface area (Å²) in [6.07, 6.45) is 0.405. The van der Waals surface area contributed by atoms with Crippen molar-refractivity contribution in [3.05, 3.63) is 33.3 Å². The molecule has 0 aromatic heterocycles. The van der Waals surface area contributed by atoms with E-state index in [-0.39, 0.29) is 17.5 Å². The van der Waals surface area contributed by atoms with Crippen LogP contribution in [0.25, 0.3) is 0 Å². The average molecular weight is 287 g/mol. The van der Waals surface area contributed by atoms with Crippen LogP contribution in [-0.4, -0.2) is 23.1 Å². The lowest BCUT2D eigenvalue weighted by molar-refractivity contribution is -0.384. The van der Waals surface area contributed by atoms with Gasteiger partial charge in [-0.2, -0.15) is 12.6 Å². The lowest BCUT2D eigenvalue weighted by atomic mass is 10.1. The van der Waals surface area contributed by atoms with E-state index in [1.807, 2.05) is 0 Å². The fourth-order valence-electron chi connectivity index (χ4n) is 1.96. The number of anilines is 1. The van der Waals surface area contributed by atoms with Gasteiger partial charge in [0.05, 0.1) is 15.6 Å². The minimum Gasteiger partial charge on any atom is -0.310 e. The molecule has 2 rings (SSSR count). The van der Waals surface area contributed by atoms with E-state index in [2.05, 4.69) is 12.6 Å². The van der Waals surface area contributed by atoms with Gasteiger partial charge in [-0.15, -0.1) is 0 Å². The second kappa shape index (κ2) is 5.16. The summed E-state index contributed by atoms with van der Waals surface area (Å²) in [6.45, 7) is 0.503. The van der Waals surface area contributed by atoms with E-state index in [1.165, 1.54) is 23.1 Å². The maximum atomic E-state index is 11.8. The predicted octanol–water partition coefficient (Wildman–Crippen LogP) is 2.53. The first kappa shape index (κ1) is 13.2. The molecular formula is C11H11ClN2O3S. The Morgan fingerprint density at radius 1 is 1.56 bits per heavy atom. The second-order valence-corrected chi connectivity index (χ2v) is 4.92. The number of hydrogen-bond donors (Lipinski definition) is 1. The first-order valence-corrected chi connectivity index (χ1v) is 6.39. The van der Waals surface area contributed by atoms with Gasteiger partial charge in [-0.3, -0.25) is 14.9 Å². The van der Waals surface area contributed by atoms with Gasteiger partial charge in [-0.25, -0.2) is 0 Å². The highest BCUT2D eigenvalue weighted by Crippen LogP contribution is 2.34. The zero-order valence-electron chi connectivity index (χ0n) is 9.38. The average Bonchev–Trinajstić information content (AvgIpc) is 2.71. The summed E-state index contributed by atoms with van der Waals surface area (Å²) in [5.74, 6) is 0.696. The molecule has 1 heterocycles. The van der Waals surface area contributed by atoms with Crippen LogP contribution < -0.4 is 4.90 Å². The van der Waals surface area contributed by atoms with E-state index in [1.54, 1.807) is 0 Å². The number of nitrogens with zero attached hydrogens (tertiary/aromatic N) is 2. The Morgan fingerprint density at radius 2 is 2.28 bits per heavy atom. The molecule has 5 nitrogen and oxygen atoms in total. The van der Waals surface area contributed by atoms with E-state index >= 15 is 0 Å². The summed E-state index contributed by atoms with van der Waals surface area (Å²) in [7, 11) is 0. The molecule has 1 fully saturated rings. The first-order valence-electron chi connectivity index (χ1n) is 5.38. The fraction of sp³-hybridized carbons (Fsp3) is 0.364. The molecule has 96 valence electrons. The molecule has 1 atom stereocenters. The Bertz CT molecular complexity index is 509. The number of non-ortho nitro benzene ring substituents is 1. The number of halogens is 1. The van der Waals surface area contributed by atoms with Crippen molar-refractivity contribution in [3.63, 3.8) is 0 Å². The van der Waals surface area contributed by atoms with E-state index in [0.29, 0.717) is 29.4 Å². The second-order valence-electron chi connectivity index (χ2n) is 4.15. The third kappa shape index (κ3) is 2.44. The third-order valence-electron chi connectivity index (χ3n) is 2.89. The first-order chi connectivity index (χ1) is 8.52. The van der Waals surface area contributed by atoms with E-state index in [9.17, 15) is 14.9 Å². The van der Waals surface area contributed by atoms with Crippen molar-refractivity contribution in [3.8, 4) is 0 Å². The highest BCUT2D eigenvalue weighted by atomic mass is 35.5. The van der Waals surface area contributed by atoms with Gasteiger partial charge in [0.1, 0.15) is 0 Å². The maximum absolute atomic E-state index is 11.8.